The van der Waals surface area contributed by atoms with E-state index in [1.807, 2.05) is 56.3 Å². The lowest BCUT2D eigenvalue weighted by molar-refractivity contribution is -0.139. The molecular formula is C21H20O4. The number of aliphatic carboxylic acids is 1. The number of hydrogen-bond donors (Lipinski definition) is 2. The summed E-state index contributed by atoms with van der Waals surface area (Å²) in [5, 5.41) is 20.7. The monoisotopic (exact) mass is 336 g/mol. The van der Waals surface area contributed by atoms with Gasteiger partial charge in [0.1, 0.15) is 11.5 Å². The lowest BCUT2D eigenvalue weighted by Crippen LogP contribution is -2.10. The van der Waals surface area contributed by atoms with E-state index in [9.17, 15) is 9.90 Å². The molecule has 2 N–H and O–H groups in total. The number of carboxylic acids is 1. The lowest BCUT2D eigenvalue weighted by atomic mass is 9.93. The summed E-state index contributed by atoms with van der Waals surface area (Å²) in [6, 6.07) is 15.2. The number of rotatable bonds is 5. The van der Waals surface area contributed by atoms with Gasteiger partial charge in [-0.25, -0.2) is 4.79 Å². The highest BCUT2D eigenvalue weighted by Crippen LogP contribution is 2.31. The molecule has 0 unspecified atom stereocenters. The number of fused-ring (bicyclic) bond motifs is 1. The highest BCUT2D eigenvalue weighted by atomic mass is 16.5. The second kappa shape index (κ2) is 6.85. The zero-order valence-corrected chi connectivity index (χ0v) is 14.2. The average Bonchev–Trinajstić information content (AvgIpc) is 2.58. The smallest absolute Gasteiger partial charge is 0.341 e. The molecule has 0 aliphatic carbocycles. The minimum atomic E-state index is -0.991. The fourth-order valence-corrected chi connectivity index (χ4v) is 3.15. The standard InChI is InChI=1S/C21H20O4/c1-13-9-16(25-12-21(23)24)10-14(2)19(13)11-15-7-8-20(22)18-6-4-3-5-17(15)18/h3-10,22H,11-12H2,1-2H3,(H,23,24). The van der Waals surface area contributed by atoms with E-state index in [4.69, 9.17) is 9.84 Å². The topological polar surface area (TPSA) is 66.8 Å². The van der Waals surface area contributed by atoms with Gasteiger partial charge in [-0.2, -0.15) is 0 Å². The third kappa shape index (κ3) is 3.58. The maximum atomic E-state index is 10.7. The largest absolute Gasteiger partial charge is 0.507 e. The molecule has 0 saturated heterocycles. The van der Waals surface area contributed by atoms with Crippen LogP contribution >= 0.6 is 0 Å². The summed E-state index contributed by atoms with van der Waals surface area (Å²) < 4.78 is 5.29. The molecule has 128 valence electrons. The highest BCUT2D eigenvalue weighted by Gasteiger charge is 2.11. The Kier molecular flexibility index (Phi) is 4.61. The van der Waals surface area contributed by atoms with Crippen LogP contribution in [-0.2, 0) is 11.2 Å². The number of ether oxygens (including phenoxy) is 1. The van der Waals surface area contributed by atoms with E-state index in [1.165, 1.54) is 5.56 Å². The van der Waals surface area contributed by atoms with Crippen LogP contribution in [0.15, 0.2) is 48.5 Å². The Morgan fingerprint density at radius 1 is 1.00 bits per heavy atom. The zero-order chi connectivity index (χ0) is 18.0. The first-order valence-electron chi connectivity index (χ1n) is 8.10. The van der Waals surface area contributed by atoms with Crippen molar-refractivity contribution < 1.29 is 19.7 Å². The van der Waals surface area contributed by atoms with Gasteiger partial charge in [0.2, 0.25) is 0 Å². The van der Waals surface area contributed by atoms with Gasteiger partial charge >= 0.3 is 5.97 Å². The van der Waals surface area contributed by atoms with Crippen molar-refractivity contribution in [1.82, 2.24) is 0 Å². The number of carbonyl (C=O) groups is 1. The van der Waals surface area contributed by atoms with Crippen molar-refractivity contribution in [2.75, 3.05) is 6.61 Å². The second-order valence-electron chi connectivity index (χ2n) is 6.18. The van der Waals surface area contributed by atoms with Gasteiger partial charge in [0, 0.05) is 5.39 Å². The molecule has 3 aromatic carbocycles. The van der Waals surface area contributed by atoms with E-state index >= 15 is 0 Å². The molecule has 4 heteroatoms. The van der Waals surface area contributed by atoms with Crippen LogP contribution in [0.3, 0.4) is 0 Å². The van der Waals surface area contributed by atoms with Gasteiger partial charge in [-0.05, 0) is 66.1 Å². The maximum absolute atomic E-state index is 10.7. The quantitative estimate of drug-likeness (QED) is 0.732. The number of aryl methyl sites for hydroxylation is 2. The number of hydrogen-bond acceptors (Lipinski definition) is 3. The first kappa shape index (κ1) is 16.8. The summed E-state index contributed by atoms with van der Waals surface area (Å²) >= 11 is 0. The van der Waals surface area contributed by atoms with Crippen LogP contribution in [0.1, 0.15) is 22.3 Å². The van der Waals surface area contributed by atoms with E-state index in [1.54, 1.807) is 6.07 Å². The molecule has 4 nitrogen and oxygen atoms in total. The Morgan fingerprint density at radius 3 is 2.28 bits per heavy atom. The molecule has 0 radical (unpaired) electrons. The fraction of sp³-hybridized carbons (Fsp3) is 0.190. The van der Waals surface area contributed by atoms with Gasteiger partial charge in [0.15, 0.2) is 6.61 Å². The maximum Gasteiger partial charge on any atom is 0.341 e. The van der Waals surface area contributed by atoms with Crippen molar-refractivity contribution in [3.05, 3.63) is 70.8 Å². The molecule has 0 bridgehead atoms. The van der Waals surface area contributed by atoms with Crippen LogP contribution < -0.4 is 4.74 Å². The first-order chi connectivity index (χ1) is 12.0. The van der Waals surface area contributed by atoms with Crippen molar-refractivity contribution in [1.29, 1.82) is 0 Å². The zero-order valence-electron chi connectivity index (χ0n) is 14.2. The summed E-state index contributed by atoms with van der Waals surface area (Å²) in [6.45, 7) is 3.65. The summed E-state index contributed by atoms with van der Waals surface area (Å²) in [5.74, 6) is -0.142. The van der Waals surface area contributed by atoms with Crippen LogP contribution in [0, 0.1) is 13.8 Å². The third-order valence-electron chi connectivity index (χ3n) is 4.39. The molecule has 0 amide bonds. The van der Waals surface area contributed by atoms with Crippen molar-refractivity contribution in [3.8, 4) is 11.5 Å². The Hall–Kier alpha value is -3.01. The molecule has 0 saturated carbocycles. The van der Waals surface area contributed by atoms with Gasteiger partial charge in [0.25, 0.3) is 0 Å². The molecule has 25 heavy (non-hydrogen) atoms. The van der Waals surface area contributed by atoms with E-state index in [-0.39, 0.29) is 12.4 Å². The van der Waals surface area contributed by atoms with Crippen molar-refractivity contribution in [2.24, 2.45) is 0 Å². The highest BCUT2D eigenvalue weighted by molar-refractivity contribution is 5.91. The van der Waals surface area contributed by atoms with Crippen molar-refractivity contribution in [2.45, 2.75) is 20.3 Å². The van der Waals surface area contributed by atoms with Gasteiger partial charge in [-0.15, -0.1) is 0 Å². The molecule has 0 heterocycles. The third-order valence-corrected chi connectivity index (χ3v) is 4.39. The van der Waals surface area contributed by atoms with Gasteiger partial charge in [-0.1, -0.05) is 30.3 Å². The van der Waals surface area contributed by atoms with Crippen LogP contribution in [0.5, 0.6) is 11.5 Å². The van der Waals surface area contributed by atoms with E-state index in [0.29, 0.717) is 5.75 Å². The van der Waals surface area contributed by atoms with Crippen molar-refractivity contribution in [3.63, 3.8) is 0 Å². The number of phenols is 1. The Bertz CT molecular complexity index is 921. The summed E-state index contributed by atoms with van der Waals surface area (Å²) in [4.78, 5) is 10.7. The predicted octanol–water partition coefficient (Wildman–Crippen LogP) is 4.22. The van der Waals surface area contributed by atoms with E-state index in [2.05, 4.69) is 0 Å². The molecular weight excluding hydrogens is 316 g/mol. The average molecular weight is 336 g/mol. The molecule has 3 rings (SSSR count). The van der Waals surface area contributed by atoms with Crippen LogP contribution in [0.2, 0.25) is 0 Å². The Balaban J connectivity index is 1.96. The Labute approximate surface area is 146 Å². The van der Waals surface area contributed by atoms with Crippen LogP contribution in [-0.4, -0.2) is 22.8 Å². The fourth-order valence-electron chi connectivity index (χ4n) is 3.15. The molecule has 0 atom stereocenters. The summed E-state index contributed by atoms with van der Waals surface area (Å²) in [7, 11) is 0. The Morgan fingerprint density at radius 2 is 1.64 bits per heavy atom. The van der Waals surface area contributed by atoms with Crippen LogP contribution in [0.25, 0.3) is 10.8 Å². The lowest BCUT2D eigenvalue weighted by Gasteiger charge is -2.15. The molecule has 0 aliphatic rings. The molecule has 0 aliphatic heterocycles. The summed E-state index contributed by atoms with van der Waals surface area (Å²) in [5.41, 5.74) is 4.42. The summed E-state index contributed by atoms with van der Waals surface area (Å²) in [6.07, 6.45) is 0.734. The molecule has 3 aromatic rings. The van der Waals surface area contributed by atoms with E-state index < -0.39 is 5.97 Å². The number of aromatic hydroxyl groups is 1. The number of benzene rings is 3. The van der Waals surface area contributed by atoms with Gasteiger partial charge in [0.05, 0.1) is 0 Å². The molecule has 0 aromatic heterocycles. The van der Waals surface area contributed by atoms with Crippen molar-refractivity contribution >= 4 is 16.7 Å². The second-order valence-corrected chi connectivity index (χ2v) is 6.18. The minimum Gasteiger partial charge on any atom is -0.507 e. The first-order valence-corrected chi connectivity index (χ1v) is 8.10. The normalized spacial score (nSPS) is 10.8. The molecule has 0 spiro atoms. The van der Waals surface area contributed by atoms with E-state index in [0.717, 1.165) is 33.9 Å². The SMILES string of the molecule is Cc1cc(OCC(=O)O)cc(C)c1Cc1ccc(O)c2ccccc12. The minimum absolute atomic E-state index is 0.283. The molecule has 0 fully saturated rings. The van der Waals surface area contributed by atoms with Gasteiger partial charge < -0.3 is 14.9 Å². The number of phenolic OH excluding ortho intramolecular Hbond substituents is 1. The van der Waals surface area contributed by atoms with Gasteiger partial charge in [-0.3, -0.25) is 0 Å². The number of carboxylic acid groups (broad SMARTS) is 1. The predicted molar refractivity (Wildman–Crippen MR) is 97.5 cm³/mol. The van der Waals surface area contributed by atoms with Crippen LogP contribution in [0.4, 0.5) is 0 Å².